The van der Waals surface area contributed by atoms with E-state index in [0.29, 0.717) is 6.04 Å². The van der Waals surface area contributed by atoms with Gasteiger partial charge < -0.3 is 5.32 Å². The van der Waals surface area contributed by atoms with Crippen molar-refractivity contribution in [2.75, 3.05) is 18.4 Å². The average molecular weight is 401 g/mol. The van der Waals surface area contributed by atoms with Crippen LogP contribution in [0.4, 0.5) is 5.82 Å². The standard InChI is InChI=1S/C26H32N4/c1-20-11-5-6-15-23(20)30-26-22(14-7-9-17-27-26)25(28-30)24-16-8-10-18-29(24)19-21-12-3-2-4-13-21/h2-6,11-13,15,24,27H,7-10,14,16-19H2,1H3. The third-order valence-corrected chi connectivity index (χ3v) is 6.66. The number of fused-ring (bicyclic) bond motifs is 1. The van der Waals surface area contributed by atoms with Crippen LogP contribution in [0.15, 0.2) is 54.6 Å². The molecule has 0 amide bonds. The van der Waals surface area contributed by atoms with Gasteiger partial charge in [-0.05, 0) is 62.8 Å². The largest absolute Gasteiger partial charge is 0.370 e. The Bertz CT molecular complexity index is 992. The normalized spacial score (nSPS) is 19.7. The minimum atomic E-state index is 0.401. The Morgan fingerprint density at radius 2 is 1.80 bits per heavy atom. The summed E-state index contributed by atoms with van der Waals surface area (Å²) in [5, 5.41) is 9.02. The number of piperidine rings is 1. The molecule has 3 aromatic rings. The Hall–Kier alpha value is -2.59. The monoisotopic (exact) mass is 400 g/mol. The number of anilines is 1. The fourth-order valence-electron chi connectivity index (χ4n) is 5.08. The Morgan fingerprint density at radius 3 is 2.67 bits per heavy atom. The molecule has 3 heterocycles. The lowest BCUT2D eigenvalue weighted by molar-refractivity contribution is 0.136. The first kappa shape index (κ1) is 19.4. The summed E-state index contributed by atoms with van der Waals surface area (Å²) in [5.41, 5.74) is 6.61. The molecular formula is C26H32N4. The summed E-state index contributed by atoms with van der Waals surface area (Å²) in [6, 6.07) is 19.9. The number of nitrogens with zero attached hydrogens (tertiary/aromatic N) is 3. The van der Waals surface area contributed by atoms with Gasteiger partial charge in [0.1, 0.15) is 5.82 Å². The summed E-state index contributed by atoms with van der Waals surface area (Å²) in [6.45, 7) is 5.37. The minimum absolute atomic E-state index is 0.401. The summed E-state index contributed by atoms with van der Waals surface area (Å²) in [4.78, 5) is 2.66. The maximum Gasteiger partial charge on any atom is 0.133 e. The van der Waals surface area contributed by atoms with Crippen molar-refractivity contribution in [3.8, 4) is 5.69 Å². The molecule has 5 rings (SSSR count). The molecular weight excluding hydrogens is 368 g/mol. The number of aromatic nitrogens is 2. The predicted octanol–water partition coefficient (Wildman–Crippen LogP) is 5.66. The summed E-state index contributed by atoms with van der Waals surface area (Å²) >= 11 is 0. The number of para-hydroxylation sites is 1. The Labute approximate surface area is 179 Å². The second-order valence-electron chi connectivity index (χ2n) is 8.76. The van der Waals surface area contributed by atoms with Crippen molar-refractivity contribution in [3.63, 3.8) is 0 Å². The lowest BCUT2D eigenvalue weighted by Crippen LogP contribution is -2.33. The zero-order valence-electron chi connectivity index (χ0n) is 18.0. The minimum Gasteiger partial charge on any atom is -0.370 e. The summed E-state index contributed by atoms with van der Waals surface area (Å²) in [7, 11) is 0. The molecule has 0 aliphatic carbocycles. The van der Waals surface area contributed by atoms with E-state index in [2.05, 4.69) is 76.4 Å². The SMILES string of the molecule is Cc1ccccc1-n1nc(C2CCCCN2Cc2ccccc2)c2c1NCCCC2. The van der Waals surface area contributed by atoms with Crippen LogP contribution in [0.5, 0.6) is 0 Å². The van der Waals surface area contributed by atoms with E-state index in [1.54, 1.807) is 0 Å². The van der Waals surface area contributed by atoms with E-state index in [1.165, 1.54) is 66.0 Å². The van der Waals surface area contributed by atoms with Crippen LogP contribution in [-0.2, 0) is 13.0 Å². The van der Waals surface area contributed by atoms with Crippen LogP contribution in [0, 0.1) is 6.92 Å². The fraction of sp³-hybridized carbons (Fsp3) is 0.423. The fourth-order valence-corrected chi connectivity index (χ4v) is 5.08. The first-order valence-electron chi connectivity index (χ1n) is 11.5. The molecule has 4 nitrogen and oxygen atoms in total. The van der Waals surface area contributed by atoms with Crippen molar-refractivity contribution >= 4 is 5.82 Å². The van der Waals surface area contributed by atoms with Crippen LogP contribution in [-0.4, -0.2) is 27.8 Å². The van der Waals surface area contributed by atoms with Crippen molar-refractivity contribution < 1.29 is 0 Å². The molecule has 0 bridgehead atoms. The number of rotatable bonds is 4. The first-order chi connectivity index (χ1) is 14.8. The van der Waals surface area contributed by atoms with E-state index in [9.17, 15) is 0 Å². The molecule has 30 heavy (non-hydrogen) atoms. The molecule has 1 N–H and O–H groups in total. The molecule has 1 saturated heterocycles. The molecule has 1 unspecified atom stereocenters. The zero-order chi connectivity index (χ0) is 20.3. The van der Waals surface area contributed by atoms with Crippen molar-refractivity contribution in [2.45, 2.75) is 58.0 Å². The number of benzene rings is 2. The smallest absolute Gasteiger partial charge is 0.133 e. The lowest BCUT2D eigenvalue weighted by Gasteiger charge is -2.35. The Kier molecular flexibility index (Phi) is 5.58. The molecule has 1 aromatic heterocycles. The highest BCUT2D eigenvalue weighted by Crippen LogP contribution is 2.38. The van der Waals surface area contributed by atoms with Crippen LogP contribution < -0.4 is 5.32 Å². The van der Waals surface area contributed by atoms with Crippen LogP contribution in [0.1, 0.15) is 60.5 Å². The molecule has 1 fully saturated rings. The van der Waals surface area contributed by atoms with Crippen molar-refractivity contribution in [1.29, 1.82) is 0 Å². The molecule has 0 spiro atoms. The van der Waals surface area contributed by atoms with Gasteiger partial charge in [0, 0.05) is 18.7 Å². The van der Waals surface area contributed by atoms with E-state index in [0.717, 1.165) is 26.1 Å². The first-order valence-corrected chi connectivity index (χ1v) is 11.5. The highest BCUT2D eigenvalue weighted by molar-refractivity contribution is 5.56. The van der Waals surface area contributed by atoms with Crippen LogP contribution in [0.25, 0.3) is 5.69 Å². The molecule has 2 aromatic carbocycles. The molecule has 2 aliphatic heterocycles. The average Bonchev–Trinajstić information content (AvgIpc) is 2.96. The number of likely N-dealkylation sites (tertiary alicyclic amines) is 1. The van der Waals surface area contributed by atoms with Gasteiger partial charge >= 0.3 is 0 Å². The van der Waals surface area contributed by atoms with E-state index < -0.39 is 0 Å². The van der Waals surface area contributed by atoms with Gasteiger partial charge in [-0.2, -0.15) is 5.10 Å². The van der Waals surface area contributed by atoms with Crippen molar-refractivity contribution in [2.24, 2.45) is 0 Å². The maximum absolute atomic E-state index is 5.29. The van der Waals surface area contributed by atoms with Crippen LogP contribution in [0.2, 0.25) is 0 Å². The van der Waals surface area contributed by atoms with Crippen LogP contribution in [0.3, 0.4) is 0 Å². The summed E-state index contributed by atoms with van der Waals surface area (Å²) in [6.07, 6.45) is 7.35. The second-order valence-corrected chi connectivity index (χ2v) is 8.76. The molecule has 156 valence electrons. The lowest BCUT2D eigenvalue weighted by atomic mass is 9.94. The van der Waals surface area contributed by atoms with Gasteiger partial charge in [-0.1, -0.05) is 55.0 Å². The zero-order valence-corrected chi connectivity index (χ0v) is 18.0. The third-order valence-electron chi connectivity index (χ3n) is 6.66. The molecule has 1 atom stereocenters. The molecule has 0 radical (unpaired) electrons. The molecule has 0 saturated carbocycles. The van der Waals surface area contributed by atoms with E-state index in [1.807, 2.05) is 0 Å². The van der Waals surface area contributed by atoms with Gasteiger partial charge in [-0.25, -0.2) is 4.68 Å². The van der Waals surface area contributed by atoms with Gasteiger partial charge in [0.05, 0.1) is 17.4 Å². The predicted molar refractivity (Wildman–Crippen MR) is 123 cm³/mol. The number of aryl methyl sites for hydroxylation is 1. The Morgan fingerprint density at radius 1 is 0.967 bits per heavy atom. The van der Waals surface area contributed by atoms with E-state index in [4.69, 9.17) is 5.10 Å². The Balaban J connectivity index is 1.56. The molecule has 4 heteroatoms. The highest BCUT2D eigenvalue weighted by Gasteiger charge is 2.31. The van der Waals surface area contributed by atoms with E-state index >= 15 is 0 Å². The van der Waals surface area contributed by atoms with Gasteiger partial charge in [0.25, 0.3) is 0 Å². The topological polar surface area (TPSA) is 33.1 Å². The third kappa shape index (κ3) is 3.77. The summed E-state index contributed by atoms with van der Waals surface area (Å²) < 4.78 is 2.20. The van der Waals surface area contributed by atoms with Crippen molar-refractivity contribution in [1.82, 2.24) is 14.7 Å². The maximum atomic E-state index is 5.29. The second kappa shape index (κ2) is 8.65. The van der Waals surface area contributed by atoms with Crippen LogP contribution >= 0.6 is 0 Å². The molecule has 2 aliphatic rings. The number of nitrogens with one attached hydrogen (secondary N) is 1. The highest BCUT2D eigenvalue weighted by atomic mass is 15.4. The number of hydrogen-bond acceptors (Lipinski definition) is 3. The quantitative estimate of drug-likeness (QED) is 0.614. The van der Waals surface area contributed by atoms with Gasteiger partial charge in [0.15, 0.2) is 0 Å². The van der Waals surface area contributed by atoms with Crippen molar-refractivity contribution in [3.05, 3.63) is 77.0 Å². The van der Waals surface area contributed by atoms with Gasteiger partial charge in [-0.15, -0.1) is 0 Å². The van der Waals surface area contributed by atoms with E-state index in [-0.39, 0.29) is 0 Å². The summed E-state index contributed by atoms with van der Waals surface area (Å²) in [5.74, 6) is 1.22. The van der Waals surface area contributed by atoms with Gasteiger partial charge in [-0.3, -0.25) is 4.90 Å². The van der Waals surface area contributed by atoms with Gasteiger partial charge in [0.2, 0.25) is 0 Å². The number of hydrogen-bond donors (Lipinski definition) is 1.